The lowest BCUT2D eigenvalue weighted by Gasteiger charge is -2.26. The summed E-state index contributed by atoms with van der Waals surface area (Å²) in [5, 5.41) is 8.02. The van der Waals surface area contributed by atoms with Gasteiger partial charge in [-0.2, -0.15) is 0 Å². The van der Waals surface area contributed by atoms with Crippen LogP contribution in [0.5, 0.6) is 5.75 Å². The first-order chi connectivity index (χ1) is 14.4. The molecule has 3 heterocycles. The summed E-state index contributed by atoms with van der Waals surface area (Å²) in [6.07, 6.45) is 1.30. The zero-order valence-corrected chi connectivity index (χ0v) is 18.0. The summed E-state index contributed by atoms with van der Waals surface area (Å²) in [7, 11) is 3.33. The number of methoxy groups -OCH3 is 1. The van der Waals surface area contributed by atoms with E-state index in [0.29, 0.717) is 25.4 Å². The molecule has 1 fully saturated rings. The number of carbonyl (C=O) groups is 1. The molecule has 0 bridgehead atoms. The Morgan fingerprint density at radius 1 is 1.33 bits per heavy atom. The number of likely N-dealkylation sites (tertiary alicyclic amines) is 1. The third-order valence-corrected chi connectivity index (χ3v) is 5.98. The van der Waals surface area contributed by atoms with Crippen LogP contribution in [0.4, 0.5) is 0 Å². The Balaban J connectivity index is 1.52. The molecule has 1 unspecified atom stereocenters. The minimum Gasteiger partial charge on any atom is -0.493 e. The van der Waals surface area contributed by atoms with E-state index >= 15 is 0 Å². The van der Waals surface area contributed by atoms with Gasteiger partial charge in [0.1, 0.15) is 11.5 Å². The predicted octanol–water partition coefficient (Wildman–Crippen LogP) is 3.73. The molecule has 0 aliphatic carbocycles. The number of ether oxygens (including phenoxy) is 1. The standard InChI is InChI=1S/C23H29N3O4/c1-15(2)19-11-17(30-25-19)12-23(22(27)24-3)8-9-26(14-23)13-18-10-16-6-5-7-20(28-4)21(16)29-18/h5-7,10-11,15H,8-9,12-14H2,1-4H3,(H,24,27). The van der Waals surface area contributed by atoms with Gasteiger partial charge in [-0.25, -0.2) is 0 Å². The molecule has 2 aromatic heterocycles. The Hall–Kier alpha value is -2.80. The van der Waals surface area contributed by atoms with Crippen molar-refractivity contribution in [1.82, 2.24) is 15.4 Å². The van der Waals surface area contributed by atoms with Crippen LogP contribution in [0, 0.1) is 5.41 Å². The first-order valence-corrected chi connectivity index (χ1v) is 10.4. The van der Waals surface area contributed by atoms with Crippen LogP contribution in [-0.4, -0.2) is 43.2 Å². The minimum atomic E-state index is -0.535. The van der Waals surface area contributed by atoms with E-state index < -0.39 is 5.41 Å². The number of benzene rings is 1. The number of para-hydroxylation sites is 1. The van der Waals surface area contributed by atoms with Crippen LogP contribution in [0.3, 0.4) is 0 Å². The van der Waals surface area contributed by atoms with Gasteiger partial charge < -0.3 is 19.0 Å². The molecule has 1 aliphatic rings. The van der Waals surface area contributed by atoms with Gasteiger partial charge in [-0.05, 0) is 31.0 Å². The molecule has 7 nitrogen and oxygen atoms in total. The highest BCUT2D eigenvalue weighted by atomic mass is 16.5. The molecule has 30 heavy (non-hydrogen) atoms. The van der Waals surface area contributed by atoms with Crippen LogP contribution in [0.15, 0.2) is 39.3 Å². The third-order valence-electron chi connectivity index (χ3n) is 5.98. The number of aromatic nitrogens is 1. The number of hydrogen-bond donors (Lipinski definition) is 1. The summed E-state index contributed by atoms with van der Waals surface area (Å²) >= 11 is 0. The normalized spacial score (nSPS) is 19.6. The summed E-state index contributed by atoms with van der Waals surface area (Å²) in [5.74, 6) is 2.69. The number of nitrogens with one attached hydrogen (secondary N) is 1. The number of hydrogen-bond acceptors (Lipinski definition) is 6. The Morgan fingerprint density at radius 3 is 2.87 bits per heavy atom. The van der Waals surface area contributed by atoms with E-state index in [2.05, 4.69) is 29.2 Å². The molecule has 1 atom stereocenters. The van der Waals surface area contributed by atoms with E-state index in [0.717, 1.165) is 46.9 Å². The fourth-order valence-corrected chi connectivity index (χ4v) is 4.33. The largest absolute Gasteiger partial charge is 0.493 e. The smallest absolute Gasteiger partial charge is 0.227 e. The number of amides is 1. The fourth-order valence-electron chi connectivity index (χ4n) is 4.33. The second kappa shape index (κ2) is 8.14. The summed E-state index contributed by atoms with van der Waals surface area (Å²) in [6, 6.07) is 9.88. The molecule has 160 valence electrons. The molecule has 0 saturated carbocycles. The van der Waals surface area contributed by atoms with Crippen LogP contribution in [0.1, 0.15) is 43.4 Å². The van der Waals surface area contributed by atoms with Gasteiger partial charge in [-0.1, -0.05) is 31.1 Å². The molecule has 0 radical (unpaired) electrons. The summed E-state index contributed by atoms with van der Waals surface area (Å²) in [5.41, 5.74) is 1.14. The molecule has 1 aliphatic heterocycles. The van der Waals surface area contributed by atoms with Crippen molar-refractivity contribution in [3.8, 4) is 5.75 Å². The van der Waals surface area contributed by atoms with Crippen molar-refractivity contribution < 1.29 is 18.5 Å². The van der Waals surface area contributed by atoms with Crippen LogP contribution in [-0.2, 0) is 17.8 Å². The Morgan fingerprint density at radius 2 is 2.17 bits per heavy atom. The SMILES string of the molecule is CNC(=O)C1(Cc2cc(C(C)C)no2)CCN(Cc2cc3cccc(OC)c3o2)C1. The van der Waals surface area contributed by atoms with E-state index in [1.54, 1.807) is 14.2 Å². The Kier molecular flexibility index (Phi) is 5.56. The van der Waals surface area contributed by atoms with Gasteiger partial charge in [0.25, 0.3) is 0 Å². The summed E-state index contributed by atoms with van der Waals surface area (Å²) in [6.45, 7) is 6.25. The molecule has 3 aromatic rings. The van der Waals surface area contributed by atoms with E-state index in [-0.39, 0.29) is 5.91 Å². The molecule has 0 spiro atoms. The topological polar surface area (TPSA) is 80.7 Å². The average molecular weight is 412 g/mol. The Labute approximate surface area is 176 Å². The summed E-state index contributed by atoms with van der Waals surface area (Å²) in [4.78, 5) is 15.1. The lowest BCUT2D eigenvalue weighted by molar-refractivity contribution is -0.130. The predicted molar refractivity (Wildman–Crippen MR) is 113 cm³/mol. The van der Waals surface area contributed by atoms with Crippen LogP contribution in [0.25, 0.3) is 11.0 Å². The summed E-state index contributed by atoms with van der Waals surface area (Å²) < 4.78 is 17.0. The maximum atomic E-state index is 12.9. The highest BCUT2D eigenvalue weighted by Crippen LogP contribution is 2.37. The first-order valence-electron chi connectivity index (χ1n) is 10.4. The van der Waals surface area contributed by atoms with Crippen molar-refractivity contribution in [1.29, 1.82) is 0 Å². The quantitative estimate of drug-likeness (QED) is 0.638. The Bertz CT molecular complexity index is 1040. The van der Waals surface area contributed by atoms with E-state index in [4.69, 9.17) is 13.7 Å². The molecule has 1 aromatic carbocycles. The lowest BCUT2D eigenvalue weighted by atomic mass is 9.81. The molecular weight excluding hydrogens is 382 g/mol. The zero-order chi connectivity index (χ0) is 21.3. The second-order valence-corrected chi connectivity index (χ2v) is 8.46. The maximum absolute atomic E-state index is 12.9. The third kappa shape index (κ3) is 3.81. The number of carbonyl (C=O) groups excluding carboxylic acids is 1. The molecule has 1 amide bonds. The van der Waals surface area contributed by atoms with Crippen molar-refractivity contribution in [3.63, 3.8) is 0 Å². The van der Waals surface area contributed by atoms with E-state index in [9.17, 15) is 4.79 Å². The van der Waals surface area contributed by atoms with Crippen molar-refractivity contribution >= 4 is 16.9 Å². The zero-order valence-electron chi connectivity index (χ0n) is 18.0. The van der Waals surface area contributed by atoms with Crippen molar-refractivity contribution in [2.45, 2.75) is 39.2 Å². The van der Waals surface area contributed by atoms with E-state index in [1.807, 2.05) is 30.3 Å². The first kappa shape index (κ1) is 20.5. The van der Waals surface area contributed by atoms with Gasteiger partial charge in [0.15, 0.2) is 11.3 Å². The highest BCUT2D eigenvalue weighted by molar-refractivity contribution is 5.84. The number of fused-ring (bicyclic) bond motifs is 1. The molecule has 4 rings (SSSR count). The molecular formula is C23H29N3O4. The minimum absolute atomic E-state index is 0.0405. The fraction of sp³-hybridized carbons (Fsp3) is 0.478. The van der Waals surface area contributed by atoms with Gasteiger partial charge in [0.2, 0.25) is 5.91 Å². The van der Waals surface area contributed by atoms with Gasteiger partial charge in [0, 0.05) is 31.5 Å². The van der Waals surface area contributed by atoms with Crippen molar-refractivity contribution in [2.75, 3.05) is 27.2 Å². The lowest BCUT2D eigenvalue weighted by Crippen LogP contribution is -2.43. The highest BCUT2D eigenvalue weighted by Gasteiger charge is 2.45. The second-order valence-electron chi connectivity index (χ2n) is 8.46. The van der Waals surface area contributed by atoms with E-state index in [1.165, 1.54) is 0 Å². The van der Waals surface area contributed by atoms with Gasteiger partial charge in [-0.3, -0.25) is 9.69 Å². The molecule has 1 saturated heterocycles. The van der Waals surface area contributed by atoms with Crippen LogP contribution in [0.2, 0.25) is 0 Å². The number of nitrogens with zero attached hydrogens (tertiary/aromatic N) is 2. The van der Waals surface area contributed by atoms with Crippen molar-refractivity contribution in [3.05, 3.63) is 47.5 Å². The number of furan rings is 1. The molecule has 1 N–H and O–H groups in total. The number of rotatable bonds is 7. The van der Waals surface area contributed by atoms with Crippen LogP contribution < -0.4 is 10.1 Å². The van der Waals surface area contributed by atoms with Gasteiger partial charge in [0.05, 0.1) is 24.8 Å². The molecule has 7 heteroatoms. The maximum Gasteiger partial charge on any atom is 0.227 e. The van der Waals surface area contributed by atoms with Crippen molar-refractivity contribution in [2.24, 2.45) is 5.41 Å². The van der Waals surface area contributed by atoms with Gasteiger partial charge >= 0.3 is 0 Å². The van der Waals surface area contributed by atoms with Gasteiger partial charge in [-0.15, -0.1) is 0 Å². The monoisotopic (exact) mass is 411 g/mol. The average Bonchev–Trinajstić information content (AvgIpc) is 3.46. The van der Waals surface area contributed by atoms with Crippen LogP contribution >= 0.6 is 0 Å².